The normalized spacial score (nSPS) is 18.5. The summed E-state index contributed by atoms with van der Waals surface area (Å²) in [6.07, 6.45) is 0.740. The number of hydrogen-bond acceptors (Lipinski definition) is 4. The second-order valence-corrected chi connectivity index (χ2v) is 5.91. The monoisotopic (exact) mass is 282 g/mol. The van der Waals surface area contributed by atoms with E-state index < -0.39 is 12.0 Å². The molecule has 0 aromatic carbocycles. The molecule has 5 nitrogen and oxygen atoms in total. The zero-order chi connectivity index (χ0) is 14.0. The van der Waals surface area contributed by atoms with E-state index in [1.807, 2.05) is 25.3 Å². The van der Waals surface area contributed by atoms with Crippen LogP contribution in [0.4, 0.5) is 0 Å². The van der Waals surface area contributed by atoms with Gasteiger partial charge in [0.15, 0.2) is 6.04 Å². The van der Waals surface area contributed by atoms with Crippen molar-refractivity contribution >= 4 is 23.2 Å². The van der Waals surface area contributed by atoms with Gasteiger partial charge in [0.25, 0.3) is 0 Å². The summed E-state index contributed by atoms with van der Waals surface area (Å²) in [5.41, 5.74) is 0.765. The summed E-state index contributed by atoms with van der Waals surface area (Å²) in [6, 6.07) is 1.18. The summed E-state index contributed by atoms with van der Waals surface area (Å²) >= 11 is 1.56. The van der Waals surface area contributed by atoms with Gasteiger partial charge >= 0.3 is 5.97 Å². The molecule has 0 radical (unpaired) electrons. The summed E-state index contributed by atoms with van der Waals surface area (Å²) in [5, 5.41) is 14.3. The SMILES string of the molecule is CC(C)NCC(=O)N1CCc2sccc2C1C(=O)O. The van der Waals surface area contributed by atoms with E-state index >= 15 is 0 Å². The highest BCUT2D eigenvalue weighted by molar-refractivity contribution is 7.10. The third kappa shape index (κ3) is 2.96. The molecule has 0 fully saturated rings. The molecule has 1 atom stereocenters. The first-order valence-corrected chi connectivity index (χ1v) is 7.20. The number of carboxylic acid groups (broad SMARTS) is 1. The highest BCUT2D eigenvalue weighted by Crippen LogP contribution is 2.33. The number of carboxylic acids is 1. The van der Waals surface area contributed by atoms with Gasteiger partial charge in [0.05, 0.1) is 6.54 Å². The molecule has 2 N–H and O–H groups in total. The van der Waals surface area contributed by atoms with Gasteiger partial charge in [-0.25, -0.2) is 4.79 Å². The molecular weight excluding hydrogens is 264 g/mol. The van der Waals surface area contributed by atoms with Crippen LogP contribution in [0, 0.1) is 0 Å². The molecule has 0 spiro atoms. The Morgan fingerprint density at radius 1 is 1.58 bits per heavy atom. The number of carbonyl (C=O) groups is 2. The van der Waals surface area contributed by atoms with Gasteiger partial charge in [-0.1, -0.05) is 13.8 Å². The predicted octanol–water partition coefficient (Wildman–Crippen LogP) is 1.26. The maximum Gasteiger partial charge on any atom is 0.331 e. The lowest BCUT2D eigenvalue weighted by atomic mass is 10.00. The topological polar surface area (TPSA) is 69.6 Å². The third-order valence-corrected chi connectivity index (χ3v) is 4.18. The number of nitrogens with zero attached hydrogens (tertiary/aromatic N) is 1. The Bertz CT molecular complexity index is 484. The molecule has 1 aromatic heterocycles. The summed E-state index contributed by atoms with van der Waals surface area (Å²) in [7, 11) is 0. The first-order valence-electron chi connectivity index (χ1n) is 6.32. The largest absolute Gasteiger partial charge is 0.479 e. The second kappa shape index (κ2) is 5.71. The Hall–Kier alpha value is -1.40. The van der Waals surface area contributed by atoms with Gasteiger partial charge in [0, 0.05) is 17.5 Å². The fourth-order valence-corrected chi connectivity index (χ4v) is 3.15. The molecule has 19 heavy (non-hydrogen) atoms. The molecule has 6 heteroatoms. The van der Waals surface area contributed by atoms with Crippen molar-refractivity contribution in [2.24, 2.45) is 0 Å². The number of carbonyl (C=O) groups excluding carboxylic acids is 1. The van der Waals surface area contributed by atoms with Gasteiger partial charge in [0.1, 0.15) is 0 Å². The minimum atomic E-state index is -0.961. The molecule has 1 aliphatic rings. The van der Waals surface area contributed by atoms with Crippen LogP contribution < -0.4 is 5.32 Å². The van der Waals surface area contributed by atoms with Crippen molar-refractivity contribution in [2.75, 3.05) is 13.1 Å². The van der Waals surface area contributed by atoms with Crippen LogP contribution in [-0.4, -0.2) is 41.0 Å². The molecule has 1 aromatic rings. The Balaban J connectivity index is 2.17. The third-order valence-electron chi connectivity index (χ3n) is 3.18. The minimum absolute atomic E-state index is 0.155. The molecule has 1 aliphatic heterocycles. The van der Waals surface area contributed by atoms with Crippen molar-refractivity contribution in [3.63, 3.8) is 0 Å². The Morgan fingerprint density at radius 3 is 2.95 bits per heavy atom. The van der Waals surface area contributed by atoms with Crippen LogP contribution in [0.25, 0.3) is 0 Å². The fourth-order valence-electron chi connectivity index (χ4n) is 2.24. The molecule has 1 unspecified atom stereocenters. The van der Waals surface area contributed by atoms with E-state index in [1.54, 1.807) is 11.3 Å². The molecule has 1 amide bonds. The Labute approximate surface area is 116 Å². The van der Waals surface area contributed by atoms with Crippen LogP contribution in [0.3, 0.4) is 0 Å². The van der Waals surface area contributed by atoms with Gasteiger partial charge in [0.2, 0.25) is 5.91 Å². The Kier molecular flexibility index (Phi) is 4.21. The molecule has 2 rings (SSSR count). The summed E-state index contributed by atoms with van der Waals surface area (Å²) in [6.45, 7) is 4.56. The van der Waals surface area contributed by atoms with Crippen LogP contribution in [0.1, 0.15) is 30.3 Å². The van der Waals surface area contributed by atoms with Crippen LogP contribution in [0.5, 0.6) is 0 Å². The van der Waals surface area contributed by atoms with Crippen LogP contribution >= 0.6 is 11.3 Å². The lowest BCUT2D eigenvalue weighted by Crippen LogP contribution is -2.47. The van der Waals surface area contributed by atoms with E-state index in [1.165, 1.54) is 4.90 Å². The Morgan fingerprint density at radius 2 is 2.32 bits per heavy atom. The van der Waals surface area contributed by atoms with E-state index in [-0.39, 0.29) is 18.5 Å². The number of hydrogen-bond donors (Lipinski definition) is 2. The average molecular weight is 282 g/mol. The van der Waals surface area contributed by atoms with Gasteiger partial charge in [-0.15, -0.1) is 11.3 Å². The predicted molar refractivity (Wildman–Crippen MR) is 73.3 cm³/mol. The van der Waals surface area contributed by atoms with Gasteiger partial charge in [-0.3, -0.25) is 4.79 Å². The van der Waals surface area contributed by atoms with Crippen molar-refractivity contribution in [1.29, 1.82) is 0 Å². The summed E-state index contributed by atoms with van der Waals surface area (Å²) in [5.74, 6) is -1.12. The highest BCUT2D eigenvalue weighted by Gasteiger charge is 2.36. The van der Waals surface area contributed by atoms with Gasteiger partial charge in [-0.2, -0.15) is 0 Å². The quantitative estimate of drug-likeness (QED) is 0.872. The van der Waals surface area contributed by atoms with Crippen LogP contribution in [0.2, 0.25) is 0 Å². The van der Waals surface area contributed by atoms with Crippen molar-refractivity contribution in [1.82, 2.24) is 10.2 Å². The van der Waals surface area contributed by atoms with Gasteiger partial charge in [-0.05, 0) is 23.4 Å². The molecular formula is C13H18N2O3S. The van der Waals surface area contributed by atoms with Crippen LogP contribution in [0.15, 0.2) is 11.4 Å². The molecule has 0 bridgehead atoms. The molecule has 0 aliphatic carbocycles. The summed E-state index contributed by atoms with van der Waals surface area (Å²) in [4.78, 5) is 26.2. The van der Waals surface area contributed by atoms with Crippen LogP contribution in [-0.2, 0) is 16.0 Å². The van der Waals surface area contributed by atoms with Crippen molar-refractivity contribution in [3.05, 3.63) is 21.9 Å². The van der Waals surface area contributed by atoms with E-state index in [9.17, 15) is 14.7 Å². The number of rotatable bonds is 4. The van der Waals surface area contributed by atoms with E-state index in [2.05, 4.69) is 5.32 Å². The number of thiophene rings is 1. The number of fused-ring (bicyclic) bond motifs is 1. The number of amides is 1. The second-order valence-electron chi connectivity index (χ2n) is 4.91. The molecule has 2 heterocycles. The van der Waals surface area contributed by atoms with Crippen molar-refractivity contribution in [3.8, 4) is 0 Å². The van der Waals surface area contributed by atoms with E-state index in [0.29, 0.717) is 6.54 Å². The summed E-state index contributed by atoms with van der Waals surface area (Å²) < 4.78 is 0. The molecule has 104 valence electrons. The minimum Gasteiger partial charge on any atom is -0.479 e. The number of aliphatic carboxylic acids is 1. The zero-order valence-electron chi connectivity index (χ0n) is 11.0. The lowest BCUT2D eigenvalue weighted by molar-refractivity contribution is -0.150. The van der Waals surface area contributed by atoms with Crippen molar-refractivity contribution in [2.45, 2.75) is 32.4 Å². The smallest absolute Gasteiger partial charge is 0.331 e. The zero-order valence-corrected chi connectivity index (χ0v) is 11.9. The fraction of sp³-hybridized carbons (Fsp3) is 0.538. The molecule has 0 saturated heterocycles. The first-order chi connectivity index (χ1) is 9.00. The van der Waals surface area contributed by atoms with E-state index in [0.717, 1.165) is 16.9 Å². The lowest BCUT2D eigenvalue weighted by Gasteiger charge is -2.33. The first kappa shape index (κ1) is 14.0. The highest BCUT2D eigenvalue weighted by atomic mass is 32.1. The number of nitrogens with one attached hydrogen (secondary N) is 1. The van der Waals surface area contributed by atoms with Crippen molar-refractivity contribution < 1.29 is 14.7 Å². The maximum absolute atomic E-state index is 12.2. The average Bonchev–Trinajstić information content (AvgIpc) is 2.82. The van der Waals surface area contributed by atoms with E-state index in [4.69, 9.17) is 0 Å². The van der Waals surface area contributed by atoms with Gasteiger partial charge < -0.3 is 15.3 Å². The molecule has 0 saturated carbocycles. The maximum atomic E-state index is 12.2. The standard InChI is InChI=1S/C13H18N2O3S/c1-8(2)14-7-11(16)15-5-3-10-9(4-6-19-10)12(15)13(17)18/h4,6,8,12,14H,3,5,7H2,1-2H3,(H,17,18).